The highest BCUT2D eigenvalue weighted by Gasteiger charge is 2.28. The third kappa shape index (κ3) is 5.16. The van der Waals surface area contributed by atoms with Gasteiger partial charge in [-0.15, -0.1) is 0 Å². The topological polar surface area (TPSA) is 107 Å². The van der Waals surface area contributed by atoms with Crippen LogP contribution in [-0.2, 0) is 16.1 Å². The summed E-state index contributed by atoms with van der Waals surface area (Å²) in [5.74, 6) is 0.929. The smallest absolute Gasteiger partial charge is 0.236 e. The summed E-state index contributed by atoms with van der Waals surface area (Å²) >= 11 is 0. The number of fused-ring (bicyclic) bond motifs is 2. The van der Waals surface area contributed by atoms with Gasteiger partial charge in [0.1, 0.15) is 11.8 Å². The van der Waals surface area contributed by atoms with Gasteiger partial charge in [0.25, 0.3) is 0 Å². The SMILES string of the molecule is Nc1ncnn2c(C3CCN(C(=O)CN4CCOCC4)CC3)cc(-c3ccc4cn(Cc5ccccc5)nc4c3)c12. The van der Waals surface area contributed by atoms with Crippen molar-refractivity contribution < 1.29 is 9.53 Å². The standard InChI is InChI=1S/C31H34N8O2/c32-31-30-26(24-6-7-25-19-38(35-27(25)16-24)18-22-4-2-1-3-5-22)17-28(39(30)34-21-33-31)23-8-10-37(11-9-23)29(40)20-36-12-14-41-15-13-36/h1-7,16-17,19,21,23H,8-15,18,20H2,(H2,32,33,34). The Morgan fingerprint density at radius 3 is 2.61 bits per heavy atom. The molecule has 0 saturated carbocycles. The summed E-state index contributed by atoms with van der Waals surface area (Å²) < 4.78 is 9.35. The van der Waals surface area contributed by atoms with E-state index in [1.54, 1.807) is 0 Å². The number of nitrogen functional groups attached to an aromatic ring is 1. The normalized spacial score (nSPS) is 17.0. The maximum absolute atomic E-state index is 13.0. The van der Waals surface area contributed by atoms with Crippen LogP contribution in [-0.4, -0.2) is 86.0 Å². The minimum atomic E-state index is 0.206. The van der Waals surface area contributed by atoms with E-state index in [2.05, 4.69) is 57.6 Å². The number of nitrogens with two attached hydrogens (primary N) is 1. The molecule has 10 heteroatoms. The molecule has 41 heavy (non-hydrogen) atoms. The molecule has 5 heterocycles. The average molecular weight is 551 g/mol. The third-order valence-corrected chi connectivity index (χ3v) is 8.39. The maximum atomic E-state index is 13.0. The Bertz CT molecular complexity index is 1680. The van der Waals surface area contributed by atoms with Gasteiger partial charge in [0, 0.05) is 54.9 Å². The van der Waals surface area contributed by atoms with Crippen LogP contribution in [0.1, 0.15) is 30.0 Å². The van der Waals surface area contributed by atoms with Gasteiger partial charge in [0.2, 0.25) is 5.91 Å². The monoisotopic (exact) mass is 550 g/mol. The molecule has 0 radical (unpaired) electrons. The summed E-state index contributed by atoms with van der Waals surface area (Å²) in [6.07, 6.45) is 5.37. The van der Waals surface area contributed by atoms with Crippen molar-refractivity contribution in [2.45, 2.75) is 25.3 Å². The summed E-state index contributed by atoms with van der Waals surface area (Å²) in [6.45, 7) is 5.71. The fourth-order valence-corrected chi connectivity index (χ4v) is 6.16. The Morgan fingerprint density at radius 2 is 1.80 bits per heavy atom. The van der Waals surface area contributed by atoms with E-state index in [9.17, 15) is 4.79 Å². The van der Waals surface area contributed by atoms with Crippen molar-refractivity contribution in [2.24, 2.45) is 0 Å². The number of ether oxygens (including phenoxy) is 1. The van der Waals surface area contributed by atoms with Crippen LogP contribution in [0.3, 0.4) is 0 Å². The fraction of sp³-hybridized carbons (Fsp3) is 0.355. The first-order valence-electron chi connectivity index (χ1n) is 14.3. The number of amides is 1. The lowest BCUT2D eigenvalue weighted by molar-refractivity contribution is -0.134. The van der Waals surface area contributed by atoms with Gasteiger partial charge in [-0.3, -0.25) is 14.4 Å². The van der Waals surface area contributed by atoms with Crippen LogP contribution in [0.2, 0.25) is 0 Å². The molecule has 3 aromatic heterocycles. The van der Waals surface area contributed by atoms with Crippen LogP contribution in [0.25, 0.3) is 27.5 Å². The van der Waals surface area contributed by atoms with Crippen molar-refractivity contribution in [3.05, 3.63) is 78.4 Å². The molecule has 0 aliphatic carbocycles. The highest BCUT2D eigenvalue weighted by molar-refractivity contribution is 5.92. The molecule has 2 fully saturated rings. The van der Waals surface area contributed by atoms with Gasteiger partial charge in [-0.05, 0) is 36.1 Å². The second-order valence-corrected chi connectivity index (χ2v) is 11.0. The minimum absolute atomic E-state index is 0.206. The molecule has 2 saturated heterocycles. The van der Waals surface area contributed by atoms with E-state index in [4.69, 9.17) is 15.6 Å². The van der Waals surface area contributed by atoms with Crippen molar-refractivity contribution in [3.8, 4) is 11.1 Å². The first-order valence-corrected chi connectivity index (χ1v) is 14.3. The Morgan fingerprint density at radius 1 is 1.00 bits per heavy atom. The molecule has 7 rings (SSSR count). The summed E-state index contributed by atoms with van der Waals surface area (Å²) in [5.41, 5.74) is 12.5. The van der Waals surface area contributed by atoms with E-state index in [0.717, 1.165) is 78.8 Å². The van der Waals surface area contributed by atoms with Crippen LogP contribution in [0.15, 0.2) is 67.1 Å². The van der Waals surface area contributed by atoms with Crippen LogP contribution < -0.4 is 5.73 Å². The van der Waals surface area contributed by atoms with Crippen molar-refractivity contribution in [1.82, 2.24) is 34.2 Å². The summed E-state index contributed by atoms with van der Waals surface area (Å²) in [7, 11) is 0. The van der Waals surface area contributed by atoms with Crippen molar-refractivity contribution in [2.75, 3.05) is 51.7 Å². The van der Waals surface area contributed by atoms with Gasteiger partial charge >= 0.3 is 0 Å². The number of carbonyl (C=O) groups is 1. The van der Waals surface area contributed by atoms with Gasteiger partial charge in [0.15, 0.2) is 5.82 Å². The number of nitrogens with zero attached hydrogens (tertiary/aromatic N) is 7. The minimum Gasteiger partial charge on any atom is -0.382 e. The lowest BCUT2D eigenvalue weighted by atomic mass is 9.93. The number of hydrogen-bond donors (Lipinski definition) is 1. The highest BCUT2D eigenvalue weighted by atomic mass is 16.5. The van der Waals surface area contributed by atoms with Gasteiger partial charge in [-0.1, -0.05) is 42.5 Å². The van der Waals surface area contributed by atoms with Crippen molar-refractivity contribution in [3.63, 3.8) is 0 Å². The summed E-state index contributed by atoms with van der Waals surface area (Å²) in [5, 5.41) is 10.6. The van der Waals surface area contributed by atoms with Crippen LogP contribution in [0, 0.1) is 0 Å². The van der Waals surface area contributed by atoms with E-state index in [-0.39, 0.29) is 11.8 Å². The first kappa shape index (κ1) is 25.7. The van der Waals surface area contributed by atoms with Crippen LogP contribution in [0.4, 0.5) is 5.82 Å². The molecule has 0 spiro atoms. The predicted molar refractivity (Wildman–Crippen MR) is 157 cm³/mol. The summed E-state index contributed by atoms with van der Waals surface area (Å²) in [4.78, 5) is 21.5. The molecule has 0 bridgehead atoms. The average Bonchev–Trinajstić information content (AvgIpc) is 3.60. The number of aromatic nitrogens is 5. The molecule has 5 aromatic rings. The zero-order chi connectivity index (χ0) is 27.8. The quantitative estimate of drug-likeness (QED) is 0.345. The lowest BCUT2D eigenvalue weighted by Crippen LogP contribution is -2.46. The second kappa shape index (κ2) is 10.9. The molecule has 210 valence electrons. The third-order valence-electron chi connectivity index (χ3n) is 8.39. The molecule has 2 aliphatic heterocycles. The maximum Gasteiger partial charge on any atom is 0.236 e. The lowest BCUT2D eigenvalue weighted by Gasteiger charge is -2.34. The molecule has 2 aromatic carbocycles. The Labute approximate surface area is 238 Å². The predicted octanol–water partition coefficient (Wildman–Crippen LogP) is 3.41. The molecular weight excluding hydrogens is 516 g/mol. The fourth-order valence-electron chi connectivity index (χ4n) is 6.16. The van der Waals surface area contributed by atoms with Gasteiger partial charge < -0.3 is 15.4 Å². The molecule has 2 aliphatic rings. The zero-order valence-corrected chi connectivity index (χ0v) is 23.0. The van der Waals surface area contributed by atoms with Gasteiger partial charge in [-0.25, -0.2) is 9.50 Å². The van der Waals surface area contributed by atoms with E-state index in [1.165, 1.54) is 11.9 Å². The number of anilines is 1. The van der Waals surface area contributed by atoms with Crippen LogP contribution >= 0.6 is 0 Å². The number of morpholine rings is 1. The molecule has 1 amide bonds. The first-order chi connectivity index (χ1) is 20.1. The number of likely N-dealkylation sites (tertiary alicyclic amines) is 1. The number of rotatable bonds is 6. The van der Waals surface area contributed by atoms with Gasteiger partial charge in [0.05, 0.1) is 31.8 Å². The Balaban J connectivity index is 1.13. The van der Waals surface area contributed by atoms with E-state index >= 15 is 0 Å². The van der Waals surface area contributed by atoms with Crippen molar-refractivity contribution in [1.29, 1.82) is 0 Å². The Kier molecular flexibility index (Phi) is 6.85. The number of carbonyl (C=O) groups excluding carboxylic acids is 1. The number of benzene rings is 2. The molecular formula is C31H34N8O2. The second-order valence-electron chi connectivity index (χ2n) is 11.0. The van der Waals surface area contributed by atoms with E-state index in [0.29, 0.717) is 25.6 Å². The molecule has 2 N–H and O–H groups in total. The molecule has 10 nitrogen and oxygen atoms in total. The number of hydrogen-bond acceptors (Lipinski definition) is 7. The molecule has 0 unspecified atom stereocenters. The Hall–Kier alpha value is -4.28. The highest BCUT2D eigenvalue weighted by Crippen LogP contribution is 2.37. The van der Waals surface area contributed by atoms with E-state index < -0.39 is 0 Å². The largest absolute Gasteiger partial charge is 0.382 e. The van der Waals surface area contributed by atoms with Crippen LogP contribution in [0.5, 0.6) is 0 Å². The van der Waals surface area contributed by atoms with Gasteiger partial charge in [-0.2, -0.15) is 10.2 Å². The number of piperidine rings is 1. The van der Waals surface area contributed by atoms with Crippen molar-refractivity contribution >= 4 is 28.1 Å². The summed E-state index contributed by atoms with van der Waals surface area (Å²) in [6, 6.07) is 18.9. The molecule has 0 atom stereocenters. The zero-order valence-electron chi connectivity index (χ0n) is 23.0. The van der Waals surface area contributed by atoms with E-state index in [1.807, 2.05) is 32.3 Å².